The van der Waals surface area contributed by atoms with Crippen LogP contribution in [0.5, 0.6) is 11.5 Å². The first-order valence-electron chi connectivity index (χ1n) is 14.4. The van der Waals surface area contributed by atoms with Crippen LogP contribution in [0.25, 0.3) is 22.4 Å². The van der Waals surface area contributed by atoms with Gasteiger partial charge in [0, 0.05) is 16.8 Å². The van der Waals surface area contributed by atoms with E-state index in [9.17, 15) is 10.1 Å². The summed E-state index contributed by atoms with van der Waals surface area (Å²) in [4.78, 5) is 17.8. The van der Waals surface area contributed by atoms with Crippen molar-refractivity contribution in [2.75, 3.05) is 17.7 Å². The second-order valence-electron chi connectivity index (χ2n) is 10.2. The number of rotatable bonds is 11. The van der Waals surface area contributed by atoms with Gasteiger partial charge in [-0.2, -0.15) is 5.26 Å². The highest BCUT2D eigenvalue weighted by Gasteiger charge is 2.19. The maximum Gasteiger partial charge on any atom is 0.234 e. The van der Waals surface area contributed by atoms with Crippen molar-refractivity contribution in [1.29, 1.82) is 5.26 Å². The van der Waals surface area contributed by atoms with E-state index in [0.717, 1.165) is 33.5 Å². The van der Waals surface area contributed by atoms with Gasteiger partial charge < -0.3 is 14.8 Å². The predicted molar refractivity (Wildman–Crippen MR) is 177 cm³/mol. The maximum atomic E-state index is 13.0. The third kappa shape index (κ3) is 7.47. The fraction of sp³-hybridized carbons (Fsp3) is 0.162. The fourth-order valence-corrected chi connectivity index (χ4v) is 5.59. The summed E-state index contributed by atoms with van der Waals surface area (Å²) < 4.78 is 12.1. The zero-order chi connectivity index (χ0) is 30.9. The van der Waals surface area contributed by atoms with Gasteiger partial charge in [-0.1, -0.05) is 96.2 Å². The Morgan fingerprint density at radius 1 is 0.864 bits per heavy atom. The number of nitrogens with one attached hydrogen (secondary N) is 1. The van der Waals surface area contributed by atoms with Gasteiger partial charge in [0.15, 0.2) is 11.5 Å². The molecular formula is C37H33N3O3S. The van der Waals surface area contributed by atoms with Crippen molar-refractivity contribution >= 4 is 23.4 Å². The fourth-order valence-electron chi connectivity index (χ4n) is 4.79. The van der Waals surface area contributed by atoms with Crippen molar-refractivity contribution in [2.24, 2.45) is 0 Å². The third-order valence-electron chi connectivity index (χ3n) is 6.96. The van der Waals surface area contributed by atoms with Crippen LogP contribution in [-0.4, -0.2) is 23.3 Å². The van der Waals surface area contributed by atoms with E-state index >= 15 is 0 Å². The second kappa shape index (κ2) is 14.4. The number of pyridine rings is 1. The molecule has 1 amide bonds. The third-order valence-corrected chi connectivity index (χ3v) is 7.93. The monoisotopic (exact) mass is 599 g/mol. The average molecular weight is 600 g/mol. The summed E-state index contributed by atoms with van der Waals surface area (Å²) in [6, 6.07) is 35.6. The molecule has 5 rings (SSSR count). The number of hydrogen-bond acceptors (Lipinski definition) is 6. The summed E-state index contributed by atoms with van der Waals surface area (Å²) in [6.07, 6.45) is 0. The number of anilines is 1. The predicted octanol–water partition coefficient (Wildman–Crippen LogP) is 8.61. The minimum atomic E-state index is -0.169. The first kappa shape index (κ1) is 30.4. The van der Waals surface area contributed by atoms with Crippen molar-refractivity contribution < 1.29 is 14.3 Å². The van der Waals surface area contributed by atoms with E-state index in [1.165, 1.54) is 11.8 Å². The standard InChI is InChI=1S/C37H33N3O3S/c1-4-42-35-20-29(16-18-34(35)43-23-27-11-7-5-8-12-27)30-21-33(28-13-9-6-10-14-28)40-37(31(30)22-38)44-24-36(41)39-32-17-15-25(2)19-26(32)3/h5-21H,4,23-24H2,1-3H3,(H,39,41). The van der Waals surface area contributed by atoms with Gasteiger partial charge in [-0.25, -0.2) is 4.98 Å². The van der Waals surface area contributed by atoms with Crippen LogP contribution in [0.15, 0.2) is 108 Å². The number of aromatic nitrogens is 1. The molecule has 0 radical (unpaired) electrons. The Bertz CT molecular complexity index is 1800. The van der Waals surface area contributed by atoms with Crippen LogP contribution >= 0.6 is 11.8 Å². The number of thioether (sulfide) groups is 1. The number of aryl methyl sites for hydroxylation is 2. The van der Waals surface area contributed by atoms with E-state index in [0.29, 0.717) is 46.6 Å². The van der Waals surface area contributed by atoms with E-state index < -0.39 is 0 Å². The quantitative estimate of drug-likeness (QED) is 0.153. The van der Waals surface area contributed by atoms with Gasteiger partial charge in [0.05, 0.1) is 23.6 Å². The number of hydrogen-bond donors (Lipinski definition) is 1. The minimum absolute atomic E-state index is 0.100. The summed E-state index contributed by atoms with van der Waals surface area (Å²) in [6.45, 7) is 6.77. The number of amides is 1. The molecule has 6 nitrogen and oxygen atoms in total. The Morgan fingerprint density at radius 3 is 2.32 bits per heavy atom. The van der Waals surface area contributed by atoms with Gasteiger partial charge in [0.25, 0.3) is 0 Å². The zero-order valence-corrected chi connectivity index (χ0v) is 25.8. The lowest BCUT2D eigenvalue weighted by Crippen LogP contribution is -2.15. The molecule has 0 aliphatic rings. The largest absolute Gasteiger partial charge is 0.490 e. The van der Waals surface area contributed by atoms with Gasteiger partial charge in [-0.15, -0.1) is 0 Å². The summed E-state index contributed by atoms with van der Waals surface area (Å²) in [5.41, 5.74) is 7.45. The molecule has 0 aliphatic heterocycles. The van der Waals surface area contributed by atoms with Crippen LogP contribution in [0.4, 0.5) is 5.69 Å². The normalized spacial score (nSPS) is 10.6. The lowest BCUT2D eigenvalue weighted by molar-refractivity contribution is -0.113. The van der Waals surface area contributed by atoms with Crippen molar-refractivity contribution in [3.05, 3.63) is 125 Å². The van der Waals surface area contributed by atoms with Crippen LogP contribution in [0.2, 0.25) is 0 Å². The molecule has 4 aromatic carbocycles. The molecule has 0 fully saturated rings. The van der Waals surface area contributed by atoms with Gasteiger partial charge in [0.2, 0.25) is 5.91 Å². The molecule has 0 atom stereocenters. The molecule has 1 heterocycles. The highest BCUT2D eigenvalue weighted by Crippen LogP contribution is 2.38. The Morgan fingerprint density at radius 2 is 1.61 bits per heavy atom. The van der Waals surface area contributed by atoms with Crippen LogP contribution in [0, 0.1) is 25.2 Å². The van der Waals surface area contributed by atoms with E-state index in [2.05, 4.69) is 11.4 Å². The maximum absolute atomic E-state index is 13.0. The number of nitrogens with zero attached hydrogens (tertiary/aromatic N) is 2. The average Bonchev–Trinajstić information content (AvgIpc) is 3.05. The molecule has 1 N–H and O–H groups in total. The zero-order valence-electron chi connectivity index (χ0n) is 25.0. The smallest absolute Gasteiger partial charge is 0.234 e. The number of ether oxygens (including phenoxy) is 2. The molecule has 0 bridgehead atoms. The minimum Gasteiger partial charge on any atom is -0.490 e. The molecule has 44 heavy (non-hydrogen) atoms. The molecule has 5 aromatic rings. The number of carbonyl (C=O) groups excluding carboxylic acids is 1. The van der Waals surface area contributed by atoms with E-state index in [4.69, 9.17) is 14.5 Å². The van der Waals surface area contributed by atoms with Crippen LogP contribution in [-0.2, 0) is 11.4 Å². The van der Waals surface area contributed by atoms with Crippen molar-refractivity contribution in [3.63, 3.8) is 0 Å². The Hall–Kier alpha value is -5.06. The number of nitriles is 1. The molecule has 1 aromatic heterocycles. The van der Waals surface area contributed by atoms with E-state index in [1.54, 1.807) is 0 Å². The molecule has 0 spiro atoms. The first-order valence-corrected chi connectivity index (χ1v) is 15.4. The molecule has 0 aliphatic carbocycles. The van der Waals surface area contributed by atoms with Crippen molar-refractivity contribution in [3.8, 4) is 40.0 Å². The lowest BCUT2D eigenvalue weighted by atomic mass is 9.99. The highest BCUT2D eigenvalue weighted by molar-refractivity contribution is 8.00. The summed E-state index contributed by atoms with van der Waals surface area (Å²) in [5.74, 6) is 1.14. The van der Waals surface area contributed by atoms with Crippen molar-refractivity contribution in [2.45, 2.75) is 32.4 Å². The van der Waals surface area contributed by atoms with Crippen molar-refractivity contribution in [1.82, 2.24) is 4.98 Å². The van der Waals surface area contributed by atoms with Gasteiger partial charge in [0.1, 0.15) is 17.7 Å². The molecule has 0 saturated heterocycles. The topological polar surface area (TPSA) is 84.2 Å². The van der Waals surface area contributed by atoms with Gasteiger partial charge in [-0.3, -0.25) is 4.79 Å². The second-order valence-corrected chi connectivity index (χ2v) is 11.2. The highest BCUT2D eigenvalue weighted by atomic mass is 32.2. The lowest BCUT2D eigenvalue weighted by Gasteiger charge is -2.16. The van der Waals surface area contributed by atoms with Crippen LogP contribution in [0.3, 0.4) is 0 Å². The molecule has 7 heteroatoms. The van der Waals surface area contributed by atoms with Crippen LogP contribution in [0.1, 0.15) is 29.2 Å². The molecule has 220 valence electrons. The molecular weight excluding hydrogens is 566 g/mol. The molecule has 0 unspecified atom stereocenters. The Kier molecular flexibility index (Phi) is 9.96. The first-order chi connectivity index (χ1) is 21.4. The van der Waals surface area contributed by atoms with Gasteiger partial charge >= 0.3 is 0 Å². The summed E-state index contributed by atoms with van der Waals surface area (Å²) in [7, 11) is 0. The van der Waals surface area contributed by atoms with Crippen LogP contribution < -0.4 is 14.8 Å². The summed E-state index contributed by atoms with van der Waals surface area (Å²) >= 11 is 1.25. The molecule has 0 saturated carbocycles. The van der Waals surface area contributed by atoms with E-state index in [1.807, 2.05) is 124 Å². The van der Waals surface area contributed by atoms with Gasteiger partial charge in [-0.05, 0) is 61.7 Å². The summed E-state index contributed by atoms with van der Waals surface area (Å²) in [5, 5.41) is 13.8. The SMILES string of the molecule is CCOc1cc(-c2cc(-c3ccccc3)nc(SCC(=O)Nc3ccc(C)cc3C)c2C#N)ccc1OCc1ccccc1. The number of benzene rings is 4. The number of carbonyl (C=O) groups is 1. The Balaban J connectivity index is 1.48. The Labute approximate surface area is 262 Å². The van der Waals surface area contributed by atoms with E-state index in [-0.39, 0.29) is 11.7 Å².